The standard InChI is InChI=1S/C20H17ClN2O4S/c1-27-12-6-8-14(16(21)10-12)19-22-11-13(28-19)7-9-18(24)23-17-5-3-2-4-15(17)20(25)26/h2-6,8,10-11H,7,9H2,1H3,(H,23,24)(H,25,26). The number of hydrogen-bond donors (Lipinski definition) is 2. The Morgan fingerprint density at radius 2 is 2.04 bits per heavy atom. The third kappa shape index (κ3) is 4.68. The lowest BCUT2D eigenvalue weighted by Crippen LogP contribution is -2.14. The maximum Gasteiger partial charge on any atom is 0.337 e. The molecule has 6 nitrogen and oxygen atoms in total. The Hall–Kier alpha value is -2.90. The summed E-state index contributed by atoms with van der Waals surface area (Å²) in [5.41, 5.74) is 1.15. The zero-order chi connectivity index (χ0) is 20.1. The van der Waals surface area contributed by atoms with Crippen LogP contribution in [0, 0.1) is 0 Å². The van der Waals surface area contributed by atoms with Crippen molar-refractivity contribution in [3.63, 3.8) is 0 Å². The van der Waals surface area contributed by atoms with Crippen LogP contribution in [0.2, 0.25) is 5.02 Å². The van der Waals surface area contributed by atoms with Crippen molar-refractivity contribution in [1.29, 1.82) is 0 Å². The van der Waals surface area contributed by atoms with Gasteiger partial charge in [0.05, 0.1) is 23.4 Å². The van der Waals surface area contributed by atoms with Gasteiger partial charge in [0.2, 0.25) is 5.91 Å². The van der Waals surface area contributed by atoms with Crippen molar-refractivity contribution in [1.82, 2.24) is 4.98 Å². The summed E-state index contributed by atoms with van der Waals surface area (Å²) in [6, 6.07) is 11.7. The maximum atomic E-state index is 12.2. The Labute approximate surface area is 170 Å². The number of aromatic carboxylic acids is 1. The van der Waals surface area contributed by atoms with Crippen molar-refractivity contribution >= 4 is 40.5 Å². The van der Waals surface area contributed by atoms with Gasteiger partial charge in [0.1, 0.15) is 10.8 Å². The van der Waals surface area contributed by atoms with Gasteiger partial charge in [-0.1, -0.05) is 23.7 Å². The van der Waals surface area contributed by atoms with Crippen molar-refractivity contribution < 1.29 is 19.4 Å². The molecular weight excluding hydrogens is 400 g/mol. The summed E-state index contributed by atoms with van der Waals surface area (Å²) in [6.07, 6.45) is 2.43. The van der Waals surface area contributed by atoms with Gasteiger partial charge in [0, 0.05) is 23.1 Å². The van der Waals surface area contributed by atoms with Crippen LogP contribution in [0.4, 0.5) is 5.69 Å². The molecule has 0 atom stereocenters. The molecular formula is C20H17ClN2O4S. The Bertz CT molecular complexity index is 1020. The van der Waals surface area contributed by atoms with E-state index < -0.39 is 5.97 Å². The van der Waals surface area contributed by atoms with Crippen molar-refractivity contribution in [2.24, 2.45) is 0 Å². The lowest BCUT2D eigenvalue weighted by atomic mass is 10.1. The first kappa shape index (κ1) is 19.9. The number of carbonyl (C=O) groups is 2. The fourth-order valence-electron chi connectivity index (χ4n) is 2.57. The van der Waals surface area contributed by atoms with Crippen molar-refractivity contribution in [2.75, 3.05) is 12.4 Å². The van der Waals surface area contributed by atoms with E-state index in [1.54, 1.807) is 37.6 Å². The minimum atomic E-state index is -1.08. The van der Waals surface area contributed by atoms with Gasteiger partial charge >= 0.3 is 5.97 Å². The number of ether oxygens (including phenoxy) is 1. The summed E-state index contributed by atoms with van der Waals surface area (Å²) in [7, 11) is 1.58. The number of carboxylic acids is 1. The van der Waals surface area contributed by atoms with E-state index in [-0.39, 0.29) is 23.6 Å². The average molecular weight is 417 g/mol. The summed E-state index contributed by atoms with van der Waals surface area (Å²) in [5, 5.41) is 13.1. The number of aryl methyl sites for hydroxylation is 1. The summed E-state index contributed by atoms with van der Waals surface area (Å²) >= 11 is 7.74. The molecule has 1 amide bonds. The fraction of sp³-hybridized carbons (Fsp3) is 0.150. The molecule has 1 heterocycles. The van der Waals surface area contributed by atoms with Crippen LogP contribution in [0.25, 0.3) is 10.6 Å². The lowest BCUT2D eigenvalue weighted by Gasteiger charge is -2.07. The molecule has 144 valence electrons. The molecule has 3 rings (SSSR count). The highest BCUT2D eigenvalue weighted by Gasteiger charge is 2.13. The predicted molar refractivity (Wildman–Crippen MR) is 109 cm³/mol. The molecule has 2 N–H and O–H groups in total. The van der Waals surface area contributed by atoms with Crippen LogP contribution < -0.4 is 10.1 Å². The predicted octanol–water partition coefficient (Wildman–Crippen LogP) is 4.74. The molecule has 0 saturated heterocycles. The van der Waals surface area contributed by atoms with Crippen LogP contribution in [0.5, 0.6) is 5.75 Å². The molecule has 28 heavy (non-hydrogen) atoms. The van der Waals surface area contributed by atoms with Crippen molar-refractivity contribution in [3.05, 3.63) is 64.1 Å². The van der Waals surface area contributed by atoms with Crippen LogP contribution in [0.1, 0.15) is 21.7 Å². The molecule has 0 unspecified atom stereocenters. The number of hydrogen-bond acceptors (Lipinski definition) is 5. The number of halogens is 1. The average Bonchev–Trinajstić information content (AvgIpc) is 3.15. The van der Waals surface area contributed by atoms with Crippen molar-refractivity contribution in [2.45, 2.75) is 12.8 Å². The Balaban J connectivity index is 1.63. The molecule has 0 aliphatic rings. The molecule has 0 radical (unpaired) electrons. The van der Waals surface area contributed by atoms with Crippen LogP contribution in [0.15, 0.2) is 48.7 Å². The van der Waals surface area contributed by atoms with Gasteiger partial charge in [-0.15, -0.1) is 11.3 Å². The van der Waals surface area contributed by atoms with E-state index in [1.807, 2.05) is 12.1 Å². The van der Waals surface area contributed by atoms with E-state index in [9.17, 15) is 14.7 Å². The minimum Gasteiger partial charge on any atom is -0.497 e. The monoisotopic (exact) mass is 416 g/mol. The number of anilines is 1. The Morgan fingerprint density at radius 1 is 1.25 bits per heavy atom. The van der Waals surface area contributed by atoms with E-state index in [4.69, 9.17) is 16.3 Å². The molecule has 3 aromatic rings. The summed E-state index contributed by atoms with van der Waals surface area (Å²) in [6.45, 7) is 0. The second kappa shape index (κ2) is 8.86. The van der Waals surface area contributed by atoms with E-state index in [2.05, 4.69) is 10.3 Å². The number of methoxy groups -OCH3 is 1. The fourth-order valence-corrected chi connectivity index (χ4v) is 3.84. The Morgan fingerprint density at radius 3 is 2.75 bits per heavy atom. The highest BCUT2D eigenvalue weighted by atomic mass is 35.5. The zero-order valence-electron chi connectivity index (χ0n) is 14.9. The third-order valence-corrected chi connectivity index (χ3v) is 5.39. The number of para-hydroxylation sites is 1. The van der Waals surface area contributed by atoms with Crippen molar-refractivity contribution in [3.8, 4) is 16.3 Å². The number of nitrogens with zero attached hydrogens (tertiary/aromatic N) is 1. The molecule has 0 fully saturated rings. The first-order valence-corrected chi connectivity index (χ1v) is 9.58. The second-order valence-corrected chi connectivity index (χ2v) is 7.40. The molecule has 0 spiro atoms. The summed E-state index contributed by atoms with van der Waals surface area (Å²) in [4.78, 5) is 28.7. The van der Waals surface area contributed by atoms with Gasteiger partial charge in [0.25, 0.3) is 0 Å². The van der Waals surface area contributed by atoms with E-state index in [0.29, 0.717) is 17.2 Å². The summed E-state index contributed by atoms with van der Waals surface area (Å²) < 4.78 is 5.15. The molecule has 1 aromatic heterocycles. The molecule has 0 aliphatic carbocycles. The first-order chi connectivity index (χ1) is 13.5. The van der Waals surface area contributed by atoms with Gasteiger partial charge in [-0.05, 0) is 36.8 Å². The number of rotatable bonds is 7. The minimum absolute atomic E-state index is 0.0603. The van der Waals surface area contributed by atoms with Gasteiger partial charge in [-0.25, -0.2) is 9.78 Å². The number of carboxylic acid groups (broad SMARTS) is 1. The molecule has 0 aliphatic heterocycles. The van der Waals surface area contributed by atoms with E-state index in [0.717, 1.165) is 15.4 Å². The quantitative estimate of drug-likeness (QED) is 0.580. The van der Waals surface area contributed by atoms with Crippen LogP contribution in [-0.4, -0.2) is 29.1 Å². The highest BCUT2D eigenvalue weighted by Crippen LogP contribution is 2.34. The second-order valence-electron chi connectivity index (χ2n) is 5.88. The number of amides is 1. The van der Waals surface area contributed by atoms with Crippen LogP contribution >= 0.6 is 22.9 Å². The van der Waals surface area contributed by atoms with Crippen LogP contribution in [-0.2, 0) is 11.2 Å². The molecule has 0 bridgehead atoms. The Kier molecular flexibility index (Phi) is 6.28. The zero-order valence-corrected chi connectivity index (χ0v) is 16.5. The van der Waals surface area contributed by atoms with Gasteiger partial charge in [-0.3, -0.25) is 4.79 Å². The van der Waals surface area contributed by atoms with Gasteiger partial charge in [0.15, 0.2) is 0 Å². The smallest absolute Gasteiger partial charge is 0.337 e. The van der Waals surface area contributed by atoms with E-state index in [1.165, 1.54) is 17.4 Å². The number of benzene rings is 2. The van der Waals surface area contributed by atoms with Crippen LogP contribution in [0.3, 0.4) is 0 Å². The number of aromatic nitrogens is 1. The molecule has 2 aromatic carbocycles. The first-order valence-electron chi connectivity index (χ1n) is 8.38. The highest BCUT2D eigenvalue weighted by molar-refractivity contribution is 7.15. The largest absolute Gasteiger partial charge is 0.497 e. The number of carbonyl (C=O) groups excluding carboxylic acids is 1. The van der Waals surface area contributed by atoms with Gasteiger partial charge < -0.3 is 15.2 Å². The molecule has 8 heteroatoms. The lowest BCUT2D eigenvalue weighted by molar-refractivity contribution is -0.116. The third-order valence-electron chi connectivity index (χ3n) is 3.99. The van der Waals surface area contributed by atoms with E-state index >= 15 is 0 Å². The number of nitrogens with one attached hydrogen (secondary N) is 1. The normalized spacial score (nSPS) is 10.5. The SMILES string of the molecule is COc1ccc(-c2ncc(CCC(=O)Nc3ccccc3C(=O)O)s2)c(Cl)c1. The summed E-state index contributed by atoms with van der Waals surface area (Å²) in [5.74, 6) is -0.672. The molecule has 0 saturated carbocycles. The topological polar surface area (TPSA) is 88.5 Å². The maximum absolute atomic E-state index is 12.2. The number of thiazole rings is 1. The van der Waals surface area contributed by atoms with Gasteiger partial charge in [-0.2, -0.15) is 0 Å².